The fourth-order valence-electron chi connectivity index (χ4n) is 3.20. The van der Waals surface area contributed by atoms with E-state index in [9.17, 15) is 0 Å². The molecule has 2 heterocycles. The molecule has 16 heavy (non-hydrogen) atoms. The van der Waals surface area contributed by atoms with Crippen molar-refractivity contribution in [2.75, 3.05) is 26.2 Å². The van der Waals surface area contributed by atoms with E-state index >= 15 is 0 Å². The molecule has 0 radical (unpaired) electrons. The van der Waals surface area contributed by atoms with Gasteiger partial charge in [0.2, 0.25) is 0 Å². The fraction of sp³-hybridized carbons (Fsp3) is 1.00. The van der Waals surface area contributed by atoms with E-state index in [1.54, 1.807) is 0 Å². The first kappa shape index (κ1) is 12.3. The van der Waals surface area contributed by atoms with Crippen LogP contribution in [0.15, 0.2) is 0 Å². The highest BCUT2D eigenvalue weighted by atomic mass is 15.3. The molecule has 0 saturated carbocycles. The van der Waals surface area contributed by atoms with Crippen LogP contribution in [0.5, 0.6) is 0 Å². The number of nitrogens with zero attached hydrogens (tertiary/aromatic N) is 2. The zero-order valence-electron chi connectivity index (χ0n) is 11.2. The summed E-state index contributed by atoms with van der Waals surface area (Å²) in [4.78, 5) is 5.32. The Kier molecular flexibility index (Phi) is 3.88. The Morgan fingerprint density at radius 3 is 2.19 bits per heavy atom. The van der Waals surface area contributed by atoms with Gasteiger partial charge in [0, 0.05) is 50.3 Å². The SMILES string of the molecule is CC(C)N1CCC(N2C[C@@H](C)N[C@@H](C)C2)C1. The third-order valence-electron chi connectivity index (χ3n) is 4.03. The number of hydrogen-bond donors (Lipinski definition) is 1. The van der Waals surface area contributed by atoms with Crippen LogP contribution in [0.1, 0.15) is 34.1 Å². The Balaban J connectivity index is 1.88. The van der Waals surface area contributed by atoms with Crippen molar-refractivity contribution in [1.82, 2.24) is 15.1 Å². The van der Waals surface area contributed by atoms with Crippen molar-refractivity contribution < 1.29 is 0 Å². The van der Waals surface area contributed by atoms with Gasteiger partial charge in [0.1, 0.15) is 0 Å². The summed E-state index contributed by atoms with van der Waals surface area (Å²) < 4.78 is 0. The minimum Gasteiger partial charge on any atom is -0.309 e. The molecule has 94 valence electrons. The third-order valence-corrected chi connectivity index (χ3v) is 4.03. The van der Waals surface area contributed by atoms with Crippen molar-refractivity contribution in [3.63, 3.8) is 0 Å². The van der Waals surface area contributed by atoms with Gasteiger partial charge < -0.3 is 5.32 Å². The summed E-state index contributed by atoms with van der Waals surface area (Å²) in [6.07, 6.45) is 1.36. The zero-order chi connectivity index (χ0) is 11.7. The molecule has 2 aliphatic heterocycles. The maximum Gasteiger partial charge on any atom is 0.0236 e. The van der Waals surface area contributed by atoms with Crippen LogP contribution in [-0.4, -0.2) is 60.1 Å². The molecule has 0 aromatic heterocycles. The first-order chi connectivity index (χ1) is 7.56. The Morgan fingerprint density at radius 1 is 1.06 bits per heavy atom. The summed E-state index contributed by atoms with van der Waals surface area (Å²) in [6, 6.07) is 2.81. The zero-order valence-corrected chi connectivity index (χ0v) is 11.2. The molecule has 2 fully saturated rings. The van der Waals surface area contributed by atoms with Crippen LogP contribution in [-0.2, 0) is 0 Å². The quantitative estimate of drug-likeness (QED) is 0.760. The molecule has 2 aliphatic rings. The van der Waals surface area contributed by atoms with E-state index < -0.39 is 0 Å². The molecular formula is C13H27N3. The van der Waals surface area contributed by atoms with Gasteiger partial charge in [-0.15, -0.1) is 0 Å². The standard InChI is InChI=1S/C13H27N3/c1-10(2)15-6-5-13(9-15)16-7-11(3)14-12(4)8-16/h10-14H,5-9H2,1-4H3/t11-,12+,13?. The molecule has 0 amide bonds. The van der Waals surface area contributed by atoms with Gasteiger partial charge in [-0.2, -0.15) is 0 Å². The molecule has 2 rings (SSSR count). The lowest BCUT2D eigenvalue weighted by Gasteiger charge is -2.39. The van der Waals surface area contributed by atoms with Gasteiger partial charge in [0.15, 0.2) is 0 Å². The van der Waals surface area contributed by atoms with Crippen LogP contribution in [0.25, 0.3) is 0 Å². The molecule has 3 nitrogen and oxygen atoms in total. The van der Waals surface area contributed by atoms with Gasteiger partial charge >= 0.3 is 0 Å². The number of piperazine rings is 1. The van der Waals surface area contributed by atoms with Crippen LogP contribution in [0.3, 0.4) is 0 Å². The normalized spacial score (nSPS) is 38.4. The molecule has 1 N–H and O–H groups in total. The lowest BCUT2D eigenvalue weighted by molar-refractivity contribution is 0.120. The Morgan fingerprint density at radius 2 is 1.69 bits per heavy atom. The number of likely N-dealkylation sites (tertiary alicyclic amines) is 1. The Hall–Kier alpha value is -0.120. The second-order valence-corrected chi connectivity index (χ2v) is 5.95. The smallest absolute Gasteiger partial charge is 0.0236 e. The summed E-state index contributed by atoms with van der Waals surface area (Å²) in [5, 5.41) is 3.61. The Labute approximate surface area is 100 Å². The van der Waals surface area contributed by atoms with E-state index in [0.29, 0.717) is 18.1 Å². The summed E-state index contributed by atoms with van der Waals surface area (Å²) in [5.74, 6) is 0. The van der Waals surface area contributed by atoms with Crippen molar-refractivity contribution in [2.45, 2.75) is 58.3 Å². The Bertz CT molecular complexity index is 219. The van der Waals surface area contributed by atoms with Gasteiger partial charge in [-0.25, -0.2) is 0 Å². The predicted octanol–water partition coefficient (Wildman–Crippen LogP) is 1.15. The topological polar surface area (TPSA) is 18.5 Å². The molecule has 0 aromatic carbocycles. The van der Waals surface area contributed by atoms with Crippen molar-refractivity contribution in [2.24, 2.45) is 0 Å². The van der Waals surface area contributed by atoms with Crippen molar-refractivity contribution in [3.05, 3.63) is 0 Å². The van der Waals surface area contributed by atoms with Gasteiger partial charge in [-0.3, -0.25) is 9.80 Å². The van der Waals surface area contributed by atoms with Crippen LogP contribution in [0, 0.1) is 0 Å². The highest BCUT2D eigenvalue weighted by Crippen LogP contribution is 2.20. The fourth-order valence-corrected chi connectivity index (χ4v) is 3.20. The van der Waals surface area contributed by atoms with E-state index in [4.69, 9.17) is 0 Å². The average Bonchev–Trinajstić information content (AvgIpc) is 2.64. The number of nitrogens with one attached hydrogen (secondary N) is 1. The van der Waals surface area contributed by atoms with Crippen molar-refractivity contribution in [1.29, 1.82) is 0 Å². The molecular weight excluding hydrogens is 198 g/mol. The highest BCUT2D eigenvalue weighted by molar-refractivity contribution is 4.90. The largest absolute Gasteiger partial charge is 0.309 e. The molecule has 3 heteroatoms. The van der Waals surface area contributed by atoms with E-state index in [-0.39, 0.29) is 0 Å². The second kappa shape index (κ2) is 5.03. The predicted molar refractivity (Wildman–Crippen MR) is 68.7 cm³/mol. The maximum atomic E-state index is 3.61. The third kappa shape index (κ3) is 2.76. The summed E-state index contributed by atoms with van der Waals surface area (Å²) in [6.45, 7) is 14.2. The summed E-state index contributed by atoms with van der Waals surface area (Å²) >= 11 is 0. The monoisotopic (exact) mass is 225 g/mol. The van der Waals surface area contributed by atoms with E-state index in [1.807, 2.05) is 0 Å². The van der Waals surface area contributed by atoms with Gasteiger partial charge in [-0.1, -0.05) is 0 Å². The maximum absolute atomic E-state index is 3.61. The first-order valence-corrected chi connectivity index (χ1v) is 6.80. The van der Waals surface area contributed by atoms with E-state index in [2.05, 4.69) is 42.8 Å². The average molecular weight is 225 g/mol. The van der Waals surface area contributed by atoms with Crippen LogP contribution < -0.4 is 5.32 Å². The minimum absolute atomic E-state index is 0.650. The van der Waals surface area contributed by atoms with E-state index in [0.717, 1.165) is 6.04 Å². The van der Waals surface area contributed by atoms with Crippen LogP contribution in [0.4, 0.5) is 0 Å². The highest BCUT2D eigenvalue weighted by Gasteiger charge is 2.32. The van der Waals surface area contributed by atoms with Crippen LogP contribution >= 0.6 is 0 Å². The van der Waals surface area contributed by atoms with Crippen LogP contribution in [0.2, 0.25) is 0 Å². The molecule has 0 bridgehead atoms. The molecule has 0 aromatic rings. The molecule has 0 aliphatic carbocycles. The van der Waals surface area contributed by atoms with Gasteiger partial charge in [-0.05, 0) is 34.1 Å². The van der Waals surface area contributed by atoms with Crippen molar-refractivity contribution in [3.8, 4) is 0 Å². The molecule has 1 unspecified atom stereocenters. The van der Waals surface area contributed by atoms with Crippen molar-refractivity contribution >= 4 is 0 Å². The summed E-state index contributed by atoms with van der Waals surface area (Å²) in [5.41, 5.74) is 0. The lowest BCUT2D eigenvalue weighted by atomic mass is 10.1. The van der Waals surface area contributed by atoms with Gasteiger partial charge in [0.05, 0.1) is 0 Å². The number of hydrogen-bond acceptors (Lipinski definition) is 3. The lowest BCUT2D eigenvalue weighted by Crippen LogP contribution is -2.57. The summed E-state index contributed by atoms with van der Waals surface area (Å²) in [7, 11) is 0. The minimum atomic E-state index is 0.650. The second-order valence-electron chi connectivity index (χ2n) is 5.95. The number of rotatable bonds is 2. The van der Waals surface area contributed by atoms with Gasteiger partial charge in [0.25, 0.3) is 0 Å². The first-order valence-electron chi connectivity index (χ1n) is 6.80. The molecule has 3 atom stereocenters. The molecule has 0 spiro atoms. The van der Waals surface area contributed by atoms with E-state index in [1.165, 1.54) is 32.6 Å². The molecule has 2 saturated heterocycles.